The zero-order valence-corrected chi connectivity index (χ0v) is 17.0. The first-order valence-corrected chi connectivity index (χ1v) is 9.85. The van der Waals surface area contributed by atoms with E-state index in [1.54, 1.807) is 7.11 Å². The third-order valence-electron chi connectivity index (χ3n) is 4.76. The van der Waals surface area contributed by atoms with Crippen molar-refractivity contribution in [2.45, 2.75) is 45.7 Å². The molecule has 4 nitrogen and oxygen atoms in total. The SMILES string of the molecule is CCOC(=O)CCCN(Cc1ccc(OC)cc1)C(CC)c1ccc(F)cc1. The highest BCUT2D eigenvalue weighted by atomic mass is 19.1. The Hall–Kier alpha value is -2.40. The summed E-state index contributed by atoms with van der Waals surface area (Å²) in [6, 6.07) is 14.8. The molecule has 1 atom stereocenters. The number of ether oxygens (including phenoxy) is 2. The van der Waals surface area contributed by atoms with Gasteiger partial charge in [-0.3, -0.25) is 9.69 Å². The van der Waals surface area contributed by atoms with Crippen LogP contribution in [0.2, 0.25) is 0 Å². The molecule has 2 rings (SSSR count). The van der Waals surface area contributed by atoms with Crippen LogP contribution in [0.1, 0.15) is 50.3 Å². The van der Waals surface area contributed by atoms with Crippen LogP contribution >= 0.6 is 0 Å². The number of carbonyl (C=O) groups is 1. The summed E-state index contributed by atoms with van der Waals surface area (Å²) in [6.45, 7) is 5.83. The number of halogens is 1. The molecule has 0 fully saturated rings. The molecule has 2 aromatic rings. The Balaban J connectivity index is 2.14. The molecule has 0 bridgehead atoms. The summed E-state index contributed by atoms with van der Waals surface area (Å²) in [5.41, 5.74) is 2.24. The van der Waals surface area contributed by atoms with Crippen molar-refractivity contribution in [1.82, 2.24) is 4.90 Å². The summed E-state index contributed by atoms with van der Waals surface area (Å²) < 4.78 is 23.6. The molecule has 0 amide bonds. The molecule has 0 saturated carbocycles. The first kappa shape index (κ1) is 21.9. The molecular weight excluding hydrogens is 357 g/mol. The lowest BCUT2D eigenvalue weighted by molar-refractivity contribution is -0.143. The summed E-state index contributed by atoms with van der Waals surface area (Å²) in [7, 11) is 1.65. The zero-order valence-electron chi connectivity index (χ0n) is 17.0. The average molecular weight is 387 g/mol. The van der Waals surface area contributed by atoms with Gasteiger partial charge < -0.3 is 9.47 Å². The molecular formula is C23H30FNO3. The highest BCUT2D eigenvalue weighted by Crippen LogP contribution is 2.27. The Morgan fingerprint density at radius 1 is 1.07 bits per heavy atom. The molecule has 0 radical (unpaired) electrons. The number of hydrogen-bond donors (Lipinski definition) is 0. The summed E-state index contributed by atoms with van der Waals surface area (Å²) in [6.07, 6.45) is 2.00. The van der Waals surface area contributed by atoms with Crippen molar-refractivity contribution >= 4 is 5.97 Å². The summed E-state index contributed by atoms with van der Waals surface area (Å²) >= 11 is 0. The Labute approximate surface area is 167 Å². The third kappa shape index (κ3) is 6.64. The fourth-order valence-electron chi connectivity index (χ4n) is 3.36. The van der Waals surface area contributed by atoms with Gasteiger partial charge in [0.25, 0.3) is 0 Å². The van der Waals surface area contributed by atoms with E-state index in [0.717, 1.165) is 36.4 Å². The predicted molar refractivity (Wildman–Crippen MR) is 109 cm³/mol. The van der Waals surface area contributed by atoms with E-state index in [1.165, 1.54) is 12.1 Å². The maximum absolute atomic E-state index is 13.4. The molecule has 0 aliphatic rings. The maximum Gasteiger partial charge on any atom is 0.305 e. The smallest absolute Gasteiger partial charge is 0.305 e. The minimum atomic E-state index is -0.234. The van der Waals surface area contributed by atoms with Crippen molar-refractivity contribution in [2.24, 2.45) is 0 Å². The van der Waals surface area contributed by atoms with Crippen molar-refractivity contribution in [3.63, 3.8) is 0 Å². The summed E-state index contributed by atoms with van der Waals surface area (Å²) in [5.74, 6) is 0.424. The standard InChI is InChI=1S/C23H30FNO3/c1-4-22(19-10-12-20(24)13-11-19)25(16-6-7-23(26)28-5-2)17-18-8-14-21(27-3)15-9-18/h8-15,22H,4-7,16-17H2,1-3H3. The van der Waals surface area contributed by atoms with Crippen LogP contribution in [0.25, 0.3) is 0 Å². The average Bonchev–Trinajstić information content (AvgIpc) is 2.70. The molecule has 0 aliphatic carbocycles. The van der Waals surface area contributed by atoms with Crippen molar-refractivity contribution < 1.29 is 18.7 Å². The lowest BCUT2D eigenvalue weighted by Crippen LogP contribution is -2.29. The number of esters is 1. The maximum atomic E-state index is 13.4. The van der Waals surface area contributed by atoms with Gasteiger partial charge in [0.05, 0.1) is 13.7 Å². The predicted octanol–water partition coefficient (Wildman–Crippen LogP) is 5.13. The molecule has 0 aromatic heterocycles. The second-order valence-electron chi connectivity index (χ2n) is 6.70. The molecule has 28 heavy (non-hydrogen) atoms. The molecule has 1 unspecified atom stereocenters. The second kappa shape index (κ2) is 11.4. The van der Waals surface area contributed by atoms with E-state index < -0.39 is 0 Å². The minimum Gasteiger partial charge on any atom is -0.497 e. The molecule has 0 saturated heterocycles. The van der Waals surface area contributed by atoms with E-state index in [0.29, 0.717) is 19.4 Å². The van der Waals surface area contributed by atoms with Gasteiger partial charge in [0, 0.05) is 19.0 Å². The molecule has 152 valence electrons. The molecule has 2 aromatic carbocycles. The van der Waals surface area contributed by atoms with Gasteiger partial charge in [0.15, 0.2) is 0 Å². The fraction of sp³-hybridized carbons (Fsp3) is 0.435. The van der Waals surface area contributed by atoms with Gasteiger partial charge >= 0.3 is 5.97 Å². The van der Waals surface area contributed by atoms with E-state index in [-0.39, 0.29) is 17.8 Å². The van der Waals surface area contributed by atoms with Crippen LogP contribution in [0.3, 0.4) is 0 Å². The second-order valence-corrected chi connectivity index (χ2v) is 6.70. The zero-order chi connectivity index (χ0) is 20.4. The molecule has 5 heteroatoms. The van der Waals surface area contributed by atoms with Crippen LogP contribution in [0.15, 0.2) is 48.5 Å². The number of rotatable bonds is 11. The normalized spacial score (nSPS) is 12.0. The number of benzene rings is 2. The summed E-state index contributed by atoms with van der Waals surface area (Å²) in [5, 5.41) is 0. The van der Waals surface area contributed by atoms with Crippen LogP contribution in [-0.2, 0) is 16.1 Å². The Morgan fingerprint density at radius 3 is 2.32 bits per heavy atom. The van der Waals surface area contributed by atoms with E-state index in [9.17, 15) is 9.18 Å². The lowest BCUT2D eigenvalue weighted by Gasteiger charge is -2.31. The van der Waals surface area contributed by atoms with Gasteiger partial charge in [-0.15, -0.1) is 0 Å². The van der Waals surface area contributed by atoms with Crippen LogP contribution in [0, 0.1) is 5.82 Å². The number of carbonyl (C=O) groups excluding carboxylic acids is 1. The van der Waals surface area contributed by atoms with Crippen LogP contribution in [-0.4, -0.2) is 31.1 Å². The Morgan fingerprint density at radius 2 is 1.75 bits per heavy atom. The quantitative estimate of drug-likeness (QED) is 0.501. The van der Waals surface area contributed by atoms with Crippen LogP contribution in [0.4, 0.5) is 4.39 Å². The third-order valence-corrected chi connectivity index (χ3v) is 4.76. The van der Waals surface area contributed by atoms with Gasteiger partial charge in [0.2, 0.25) is 0 Å². The number of hydrogen-bond acceptors (Lipinski definition) is 4. The van der Waals surface area contributed by atoms with E-state index in [1.807, 2.05) is 31.2 Å². The highest BCUT2D eigenvalue weighted by molar-refractivity contribution is 5.69. The molecule has 0 spiro atoms. The topological polar surface area (TPSA) is 38.8 Å². The van der Waals surface area contributed by atoms with Crippen molar-refractivity contribution in [1.29, 1.82) is 0 Å². The van der Waals surface area contributed by atoms with Gasteiger partial charge in [-0.1, -0.05) is 31.2 Å². The van der Waals surface area contributed by atoms with Crippen molar-refractivity contribution in [3.05, 3.63) is 65.5 Å². The molecule has 0 heterocycles. The number of nitrogens with zero attached hydrogens (tertiary/aromatic N) is 1. The van der Waals surface area contributed by atoms with Gasteiger partial charge in [0.1, 0.15) is 11.6 Å². The fourth-order valence-corrected chi connectivity index (χ4v) is 3.36. The Bertz CT molecular complexity index is 716. The van der Waals surface area contributed by atoms with E-state index in [2.05, 4.69) is 24.0 Å². The van der Waals surface area contributed by atoms with Crippen molar-refractivity contribution in [2.75, 3.05) is 20.3 Å². The van der Waals surface area contributed by atoms with Crippen LogP contribution in [0.5, 0.6) is 5.75 Å². The summed E-state index contributed by atoms with van der Waals surface area (Å²) in [4.78, 5) is 14.0. The number of methoxy groups -OCH3 is 1. The minimum absolute atomic E-state index is 0.143. The highest BCUT2D eigenvalue weighted by Gasteiger charge is 2.19. The van der Waals surface area contributed by atoms with E-state index >= 15 is 0 Å². The first-order valence-electron chi connectivity index (χ1n) is 9.85. The monoisotopic (exact) mass is 387 g/mol. The molecule has 0 N–H and O–H groups in total. The van der Waals surface area contributed by atoms with Gasteiger partial charge in [-0.2, -0.15) is 0 Å². The first-order chi connectivity index (χ1) is 13.6. The largest absolute Gasteiger partial charge is 0.497 e. The van der Waals surface area contributed by atoms with Gasteiger partial charge in [-0.25, -0.2) is 4.39 Å². The lowest BCUT2D eigenvalue weighted by atomic mass is 10.0. The van der Waals surface area contributed by atoms with E-state index in [4.69, 9.17) is 9.47 Å². The Kier molecular flexibility index (Phi) is 8.95. The van der Waals surface area contributed by atoms with Gasteiger partial charge in [-0.05, 0) is 61.7 Å². The van der Waals surface area contributed by atoms with Crippen molar-refractivity contribution in [3.8, 4) is 5.75 Å². The molecule has 0 aliphatic heterocycles. The van der Waals surface area contributed by atoms with Crippen LogP contribution < -0.4 is 4.74 Å².